The Morgan fingerprint density at radius 2 is 2.12 bits per heavy atom. The Morgan fingerprint density at radius 1 is 1.47 bits per heavy atom. The zero-order valence-corrected chi connectivity index (χ0v) is 10.6. The van der Waals surface area contributed by atoms with Crippen LogP contribution in [0, 0.1) is 5.92 Å². The highest BCUT2D eigenvalue weighted by molar-refractivity contribution is 5.77. The van der Waals surface area contributed by atoms with Gasteiger partial charge >= 0.3 is 5.97 Å². The summed E-state index contributed by atoms with van der Waals surface area (Å²) < 4.78 is 0. The van der Waals surface area contributed by atoms with Crippen LogP contribution in [0.4, 0.5) is 0 Å². The van der Waals surface area contributed by atoms with E-state index in [-0.39, 0.29) is 5.91 Å². The molecule has 1 unspecified atom stereocenters. The molecule has 1 fully saturated rings. The minimum absolute atomic E-state index is 0.0359. The standard InChI is InChI=1S/C12H22N2O3/c1-3-14(8-9(2)12(16)17)11(15)6-7-13-10-4-5-10/h9-10,13H,3-8H2,1-2H3,(H,16,17). The molecule has 0 radical (unpaired) electrons. The van der Waals surface area contributed by atoms with Crippen LogP contribution in [0.2, 0.25) is 0 Å². The molecule has 1 aliphatic rings. The first kappa shape index (κ1) is 14.0. The molecule has 0 spiro atoms. The van der Waals surface area contributed by atoms with Gasteiger partial charge in [-0.05, 0) is 19.8 Å². The Hall–Kier alpha value is -1.10. The van der Waals surface area contributed by atoms with E-state index < -0.39 is 11.9 Å². The van der Waals surface area contributed by atoms with Gasteiger partial charge in [-0.1, -0.05) is 6.92 Å². The summed E-state index contributed by atoms with van der Waals surface area (Å²) in [5, 5.41) is 12.1. The number of rotatable bonds is 8. The lowest BCUT2D eigenvalue weighted by molar-refractivity contribution is -0.143. The van der Waals surface area contributed by atoms with Crippen molar-refractivity contribution in [3.63, 3.8) is 0 Å². The Kier molecular flexibility index (Phi) is 5.41. The number of carbonyl (C=O) groups excluding carboxylic acids is 1. The van der Waals surface area contributed by atoms with Gasteiger partial charge in [0, 0.05) is 32.1 Å². The Bertz CT molecular complexity index is 277. The average Bonchev–Trinajstić information content (AvgIpc) is 3.09. The van der Waals surface area contributed by atoms with E-state index in [4.69, 9.17) is 5.11 Å². The fourth-order valence-corrected chi connectivity index (χ4v) is 1.64. The van der Waals surface area contributed by atoms with Crippen molar-refractivity contribution in [2.45, 2.75) is 39.2 Å². The maximum atomic E-state index is 11.8. The number of nitrogens with zero attached hydrogens (tertiary/aromatic N) is 1. The number of carboxylic acid groups (broad SMARTS) is 1. The molecule has 5 heteroatoms. The van der Waals surface area contributed by atoms with Crippen molar-refractivity contribution >= 4 is 11.9 Å². The molecule has 1 saturated carbocycles. The van der Waals surface area contributed by atoms with Crippen LogP contribution in [0.1, 0.15) is 33.1 Å². The maximum absolute atomic E-state index is 11.8. The van der Waals surface area contributed by atoms with Crippen molar-refractivity contribution in [1.82, 2.24) is 10.2 Å². The lowest BCUT2D eigenvalue weighted by atomic mass is 10.1. The predicted octanol–water partition coefficient (Wildman–Crippen LogP) is 0.698. The van der Waals surface area contributed by atoms with E-state index >= 15 is 0 Å². The molecule has 0 bridgehead atoms. The molecule has 0 aromatic carbocycles. The van der Waals surface area contributed by atoms with Crippen LogP contribution in [-0.4, -0.2) is 47.6 Å². The fraction of sp³-hybridized carbons (Fsp3) is 0.833. The van der Waals surface area contributed by atoms with E-state index in [0.29, 0.717) is 32.1 Å². The Balaban J connectivity index is 2.26. The van der Waals surface area contributed by atoms with E-state index in [1.807, 2.05) is 6.92 Å². The van der Waals surface area contributed by atoms with Crippen LogP contribution in [0.5, 0.6) is 0 Å². The third-order valence-electron chi connectivity index (χ3n) is 3.00. The number of hydrogen-bond donors (Lipinski definition) is 2. The highest BCUT2D eigenvalue weighted by Gasteiger charge is 2.22. The summed E-state index contributed by atoms with van der Waals surface area (Å²) >= 11 is 0. The number of carbonyl (C=O) groups is 2. The summed E-state index contributed by atoms with van der Waals surface area (Å²) in [6.45, 7) is 5.07. The van der Waals surface area contributed by atoms with E-state index in [9.17, 15) is 9.59 Å². The monoisotopic (exact) mass is 242 g/mol. The average molecular weight is 242 g/mol. The summed E-state index contributed by atoms with van der Waals surface area (Å²) in [5.74, 6) is -1.32. The quantitative estimate of drug-likeness (QED) is 0.657. The molecule has 17 heavy (non-hydrogen) atoms. The van der Waals surface area contributed by atoms with Crippen LogP contribution >= 0.6 is 0 Å². The van der Waals surface area contributed by atoms with Gasteiger partial charge in [0.05, 0.1) is 5.92 Å². The van der Waals surface area contributed by atoms with Gasteiger partial charge in [-0.15, -0.1) is 0 Å². The van der Waals surface area contributed by atoms with Crippen LogP contribution in [0.25, 0.3) is 0 Å². The second-order valence-electron chi connectivity index (χ2n) is 4.65. The normalized spacial score (nSPS) is 16.6. The van der Waals surface area contributed by atoms with E-state index in [2.05, 4.69) is 5.32 Å². The largest absolute Gasteiger partial charge is 0.481 e. The van der Waals surface area contributed by atoms with Gasteiger partial charge in [-0.2, -0.15) is 0 Å². The molecule has 0 aliphatic heterocycles. The second kappa shape index (κ2) is 6.59. The van der Waals surface area contributed by atoms with Crippen molar-refractivity contribution < 1.29 is 14.7 Å². The highest BCUT2D eigenvalue weighted by atomic mass is 16.4. The van der Waals surface area contributed by atoms with Gasteiger partial charge in [-0.3, -0.25) is 9.59 Å². The molecule has 1 atom stereocenters. The predicted molar refractivity (Wildman–Crippen MR) is 64.7 cm³/mol. The first-order chi connectivity index (χ1) is 8.04. The molecule has 0 aromatic heterocycles. The van der Waals surface area contributed by atoms with Crippen molar-refractivity contribution in [3.05, 3.63) is 0 Å². The lowest BCUT2D eigenvalue weighted by Crippen LogP contribution is -2.38. The van der Waals surface area contributed by atoms with Crippen molar-refractivity contribution in [2.75, 3.05) is 19.6 Å². The van der Waals surface area contributed by atoms with E-state index in [1.165, 1.54) is 12.8 Å². The molecule has 1 amide bonds. The molecule has 1 rings (SSSR count). The smallest absolute Gasteiger partial charge is 0.308 e. The fourth-order valence-electron chi connectivity index (χ4n) is 1.64. The molecule has 0 heterocycles. The van der Waals surface area contributed by atoms with Crippen molar-refractivity contribution in [1.29, 1.82) is 0 Å². The first-order valence-corrected chi connectivity index (χ1v) is 6.28. The highest BCUT2D eigenvalue weighted by Crippen LogP contribution is 2.18. The van der Waals surface area contributed by atoms with Gasteiger partial charge in [0.25, 0.3) is 0 Å². The minimum Gasteiger partial charge on any atom is -0.481 e. The van der Waals surface area contributed by atoms with Crippen LogP contribution < -0.4 is 5.32 Å². The minimum atomic E-state index is -0.854. The number of nitrogens with one attached hydrogen (secondary N) is 1. The third kappa shape index (κ3) is 5.17. The van der Waals surface area contributed by atoms with Gasteiger partial charge in [0.1, 0.15) is 0 Å². The summed E-state index contributed by atoms with van der Waals surface area (Å²) in [6.07, 6.45) is 2.88. The lowest BCUT2D eigenvalue weighted by Gasteiger charge is -2.23. The molecule has 0 aromatic rings. The van der Waals surface area contributed by atoms with Crippen LogP contribution in [-0.2, 0) is 9.59 Å². The third-order valence-corrected chi connectivity index (χ3v) is 3.00. The van der Waals surface area contributed by atoms with E-state index in [0.717, 1.165) is 0 Å². The van der Waals surface area contributed by atoms with Crippen LogP contribution in [0.3, 0.4) is 0 Å². The SMILES string of the molecule is CCN(CC(C)C(=O)O)C(=O)CCNC1CC1. The molecular weight excluding hydrogens is 220 g/mol. The zero-order valence-electron chi connectivity index (χ0n) is 10.6. The summed E-state index contributed by atoms with van der Waals surface area (Å²) in [7, 11) is 0. The number of hydrogen-bond acceptors (Lipinski definition) is 3. The maximum Gasteiger partial charge on any atom is 0.308 e. The summed E-state index contributed by atoms with van der Waals surface area (Å²) in [6, 6.07) is 0.607. The summed E-state index contributed by atoms with van der Waals surface area (Å²) in [5.41, 5.74) is 0. The molecule has 1 aliphatic carbocycles. The Labute approximate surface area is 102 Å². The van der Waals surface area contributed by atoms with Gasteiger partial charge in [-0.25, -0.2) is 0 Å². The van der Waals surface area contributed by atoms with Gasteiger partial charge in [0.15, 0.2) is 0 Å². The Morgan fingerprint density at radius 3 is 2.59 bits per heavy atom. The molecular formula is C12H22N2O3. The van der Waals surface area contributed by atoms with E-state index in [1.54, 1.807) is 11.8 Å². The van der Waals surface area contributed by atoms with Gasteiger partial charge in [0.2, 0.25) is 5.91 Å². The van der Waals surface area contributed by atoms with Crippen LogP contribution in [0.15, 0.2) is 0 Å². The number of aliphatic carboxylic acids is 1. The number of amides is 1. The first-order valence-electron chi connectivity index (χ1n) is 6.28. The molecule has 0 saturated heterocycles. The van der Waals surface area contributed by atoms with Crippen molar-refractivity contribution in [2.24, 2.45) is 5.92 Å². The molecule has 98 valence electrons. The summed E-state index contributed by atoms with van der Waals surface area (Å²) in [4.78, 5) is 24.2. The van der Waals surface area contributed by atoms with Crippen molar-refractivity contribution in [3.8, 4) is 0 Å². The second-order valence-corrected chi connectivity index (χ2v) is 4.65. The zero-order chi connectivity index (χ0) is 12.8. The molecule has 2 N–H and O–H groups in total. The van der Waals surface area contributed by atoms with Gasteiger partial charge < -0.3 is 15.3 Å². The number of carboxylic acids is 1. The molecule has 5 nitrogen and oxygen atoms in total. The topological polar surface area (TPSA) is 69.6 Å².